The first kappa shape index (κ1) is 13.2. The Labute approximate surface area is 132 Å². The van der Waals surface area contributed by atoms with E-state index in [4.69, 9.17) is 0 Å². The minimum absolute atomic E-state index is 0.306. The molecule has 3 unspecified atom stereocenters. The number of para-hydroxylation sites is 2. The predicted octanol–water partition coefficient (Wildman–Crippen LogP) is 4.73. The first-order valence-corrected chi connectivity index (χ1v) is 7.83. The average molecular weight is 288 g/mol. The standard InChI is InChI=1S/C20H20N2/c1-3-17-15(2)20-21(16-9-5-4-6-10-16)13-14-22(20)19-12-8-7-11-18(17)19/h3-15,17,20H,1H2,2H3. The van der Waals surface area contributed by atoms with E-state index in [0.717, 1.165) is 0 Å². The van der Waals surface area contributed by atoms with E-state index in [-0.39, 0.29) is 0 Å². The van der Waals surface area contributed by atoms with Crippen LogP contribution in [0, 0.1) is 5.92 Å². The SMILES string of the molecule is C=CC1c2ccccc2N2C=CN(c3ccccc3)C2C1C. The highest BCUT2D eigenvalue weighted by Crippen LogP contribution is 2.46. The molecule has 0 aliphatic carbocycles. The Hall–Kier alpha value is -2.48. The number of hydrogen-bond acceptors (Lipinski definition) is 2. The average Bonchev–Trinajstić information content (AvgIpc) is 3.02. The molecule has 0 spiro atoms. The van der Waals surface area contributed by atoms with E-state index in [2.05, 4.69) is 96.4 Å². The Morgan fingerprint density at radius 3 is 2.36 bits per heavy atom. The molecule has 4 rings (SSSR count). The van der Waals surface area contributed by atoms with Crippen molar-refractivity contribution in [2.75, 3.05) is 9.80 Å². The molecule has 2 aliphatic rings. The molecule has 3 atom stereocenters. The lowest BCUT2D eigenvalue weighted by Gasteiger charge is -2.45. The maximum atomic E-state index is 4.09. The molecule has 2 aliphatic heterocycles. The van der Waals surface area contributed by atoms with Crippen molar-refractivity contribution in [1.29, 1.82) is 0 Å². The smallest absolute Gasteiger partial charge is 0.113 e. The van der Waals surface area contributed by atoms with Gasteiger partial charge in [-0.15, -0.1) is 6.58 Å². The van der Waals surface area contributed by atoms with Gasteiger partial charge in [0.1, 0.15) is 6.17 Å². The van der Waals surface area contributed by atoms with Gasteiger partial charge in [0.2, 0.25) is 0 Å². The summed E-state index contributed by atoms with van der Waals surface area (Å²) in [7, 11) is 0. The third kappa shape index (κ3) is 1.80. The van der Waals surface area contributed by atoms with Gasteiger partial charge in [0.05, 0.1) is 0 Å². The van der Waals surface area contributed by atoms with Crippen molar-refractivity contribution >= 4 is 11.4 Å². The molecule has 0 fully saturated rings. The van der Waals surface area contributed by atoms with Crippen LogP contribution in [-0.2, 0) is 0 Å². The zero-order chi connectivity index (χ0) is 15.1. The fourth-order valence-electron chi connectivity index (χ4n) is 3.84. The lowest BCUT2D eigenvalue weighted by atomic mass is 9.80. The first-order chi connectivity index (χ1) is 10.8. The fourth-order valence-corrected chi connectivity index (χ4v) is 3.84. The first-order valence-electron chi connectivity index (χ1n) is 7.83. The molecule has 0 amide bonds. The van der Waals surface area contributed by atoms with Crippen LogP contribution in [-0.4, -0.2) is 6.17 Å². The summed E-state index contributed by atoms with van der Waals surface area (Å²) in [6.07, 6.45) is 6.80. The number of benzene rings is 2. The Kier molecular flexibility index (Phi) is 3.04. The lowest BCUT2D eigenvalue weighted by molar-refractivity contribution is 0.406. The quantitative estimate of drug-likeness (QED) is 0.737. The van der Waals surface area contributed by atoms with Gasteiger partial charge in [-0.2, -0.15) is 0 Å². The topological polar surface area (TPSA) is 6.48 Å². The molecule has 0 saturated heterocycles. The van der Waals surface area contributed by atoms with Crippen LogP contribution in [0.4, 0.5) is 11.4 Å². The molecule has 110 valence electrons. The van der Waals surface area contributed by atoms with Crippen LogP contribution in [0.1, 0.15) is 18.4 Å². The third-order valence-electron chi connectivity index (χ3n) is 4.88. The van der Waals surface area contributed by atoms with E-state index >= 15 is 0 Å². The Balaban J connectivity index is 1.81. The molecule has 0 bridgehead atoms. The van der Waals surface area contributed by atoms with Gasteiger partial charge in [-0.3, -0.25) is 0 Å². The van der Waals surface area contributed by atoms with E-state index < -0.39 is 0 Å². The second-order valence-corrected chi connectivity index (χ2v) is 6.04. The molecule has 2 aromatic carbocycles. The van der Waals surface area contributed by atoms with Crippen molar-refractivity contribution in [1.82, 2.24) is 0 Å². The van der Waals surface area contributed by atoms with Gasteiger partial charge in [-0.1, -0.05) is 49.4 Å². The van der Waals surface area contributed by atoms with E-state index in [0.29, 0.717) is 18.0 Å². The second-order valence-electron chi connectivity index (χ2n) is 6.04. The van der Waals surface area contributed by atoms with Crippen LogP contribution in [0.5, 0.6) is 0 Å². The van der Waals surface area contributed by atoms with Gasteiger partial charge in [-0.25, -0.2) is 0 Å². The highest BCUT2D eigenvalue weighted by Gasteiger charge is 2.41. The van der Waals surface area contributed by atoms with Gasteiger partial charge < -0.3 is 9.80 Å². The molecule has 2 heteroatoms. The van der Waals surface area contributed by atoms with Crippen LogP contribution in [0.15, 0.2) is 79.7 Å². The van der Waals surface area contributed by atoms with Crippen molar-refractivity contribution in [3.05, 3.63) is 85.2 Å². The maximum absolute atomic E-state index is 4.09. The van der Waals surface area contributed by atoms with Gasteiger partial charge in [0.25, 0.3) is 0 Å². The van der Waals surface area contributed by atoms with Crippen LogP contribution in [0.2, 0.25) is 0 Å². The Morgan fingerprint density at radius 2 is 1.59 bits per heavy atom. The van der Waals surface area contributed by atoms with Crippen LogP contribution < -0.4 is 9.80 Å². The highest BCUT2D eigenvalue weighted by molar-refractivity contribution is 5.67. The van der Waals surface area contributed by atoms with Crippen LogP contribution in [0.25, 0.3) is 0 Å². The van der Waals surface area contributed by atoms with Gasteiger partial charge >= 0.3 is 0 Å². The Morgan fingerprint density at radius 1 is 0.909 bits per heavy atom. The van der Waals surface area contributed by atoms with Crippen molar-refractivity contribution in [3.8, 4) is 0 Å². The second kappa shape index (κ2) is 5.06. The largest absolute Gasteiger partial charge is 0.325 e. The monoisotopic (exact) mass is 288 g/mol. The molecule has 2 nitrogen and oxygen atoms in total. The molecule has 0 aromatic heterocycles. The number of allylic oxidation sites excluding steroid dienone is 1. The summed E-state index contributed by atoms with van der Waals surface area (Å²) in [6, 6.07) is 19.3. The third-order valence-corrected chi connectivity index (χ3v) is 4.88. The van der Waals surface area contributed by atoms with Gasteiger partial charge in [-0.05, 0) is 23.8 Å². The number of hydrogen-bond donors (Lipinski definition) is 0. The van der Waals surface area contributed by atoms with Gasteiger partial charge in [0, 0.05) is 35.6 Å². The number of anilines is 2. The summed E-state index contributed by atoms with van der Waals surface area (Å²) in [5, 5.41) is 0. The fraction of sp³-hybridized carbons (Fsp3) is 0.200. The van der Waals surface area contributed by atoms with E-state index in [1.165, 1.54) is 16.9 Å². The maximum Gasteiger partial charge on any atom is 0.113 e. The molecule has 0 radical (unpaired) electrons. The van der Waals surface area contributed by atoms with Crippen molar-refractivity contribution in [2.45, 2.75) is 19.0 Å². The molecule has 2 aromatic rings. The zero-order valence-electron chi connectivity index (χ0n) is 12.8. The predicted molar refractivity (Wildman–Crippen MR) is 92.9 cm³/mol. The van der Waals surface area contributed by atoms with Gasteiger partial charge in [0.15, 0.2) is 0 Å². The summed E-state index contributed by atoms with van der Waals surface area (Å²) < 4.78 is 0. The zero-order valence-corrected chi connectivity index (χ0v) is 12.8. The number of rotatable bonds is 2. The highest BCUT2D eigenvalue weighted by atomic mass is 15.4. The molecule has 22 heavy (non-hydrogen) atoms. The lowest BCUT2D eigenvalue weighted by Crippen LogP contribution is -2.48. The minimum atomic E-state index is 0.306. The summed E-state index contributed by atoms with van der Waals surface area (Å²) >= 11 is 0. The summed E-state index contributed by atoms with van der Waals surface area (Å²) in [5.41, 5.74) is 3.91. The van der Waals surface area contributed by atoms with E-state index in [1.54, 1.807) is 0 Å². The van der Waals surface area contributed by atoms with Crippen molar-refractivity contribution in [2.24, 2.45) is 5.92 Å². The molecule has 0 saturated carbocycles. The molecular formula is C20H20N2. The summed E-state index contributed by atoms with van der Waals surface area (Å²) in [6.45, 7) is 6.41. The Bertz CT molecular complexity index is 719. The van der Waals surface area contributed by atoms with Crippen LogP contribution >= 0.6 is 0 Å². The van der Waals surface area contributed by atoms with E-state index in [1.807, 2.05) is 0 Å². The molecular weight excluding hydrogens is 268 g/mol. The molecule has 0 N–H and O–H groups in total. The summed E-state index contributed by atoms with van der Waals surface area (Å²) in [5.74, 6) is 0.839. The van der Waals surface area contributed by atoms with Crippen molar-refractivity contribution < 1.29 is 0 Å². The number of fused-ring (bicyclic) bond motifs is 3. The van der Waals surface area contributed by atoms with Crippen molar-refractivity contribution in [3.63, 3.8) is 0 Å². The number of nitrogens with zero attached hydrogens (tertiary/aromatic N) is 2. The van der Waals surface area contributed by atoms with E-state index in [9.17, 15) is 0 Å². The minimum Gasteiger partial charge on any atom is -0.325 e. The summed E-state index contributed by atoms with van der Waals surface area (Å²) in [4.78, 5) is 4.77. The van der Waals surface area contributed by atoms with Crippen LogP contribution in [0.3, 0.4) is 0 Å². The molecule has 2 heterocycles. The normalized spacial score (nSPS) is 25.8.